The van der Waals surface area contributed by atoms with Gasteiger partial charge in [-0.2, -0.15) is 5.26 Å². The lowest BCUT2D eigenvalue weighted by Gasteiger charge is -2.26. The Morgan fingerprint density at radius 3 is 2.70 bits per heavy atom. The average molecular weight is 640 g/mol. The third kappa shape index (κ3) is 7.42. The van der Waals surface area contributed by atoms with Crippen molar-refractivity contribution in [3.63, 3.8) is 0 Å². The normalized spacial score (nSPS) is 21.0. The molecule has 0 radical (unpaired) electrons. The topological polar surface area (TPSA) is 144 Å². The van der Waals surface area contributed by atoms with E-state index in [4.69, 9.17) is 21.4 Å². The molecule has 5 rings (SSSR count). The van der Waals surface area contributed by atoms with Gasteiger partial charge in [0.2, 0.25) is 0 Å². The molecule has 2 aromatic heterocycles. The van der Waals surface area contributed by atoms with Crippen LogP contribution in [0.15, 0.2) is 46.3 Å². The zero-order valence-electron chi connectivity index (χ0n) is 27.7. The molecule has 0 amide bonds. The molecule has 9 nitrogen and oxygen atoms in total. The molecular formula is C36H49N9S. The van der Waals surface area contributed by atoms with Crippen LogP contribution in [-0.2, 0) is 12.8 Å². The van der Waals surface area contributed by atoms with Crippen molar-refractivity contribution in [3.05, 3.63) is 68.8 Å². The first-order valence-corrected chi connectivity index (χ1v) is 17.7. The molecule has 3 aliphatic rings. The Balaban J connectivity index is 1.48. The first-order chi connectivity index (χ1) is 22.2. The van der Waals surface area contributed by atoms with E-state index in [2.05, 4.69) is 48.3 Å². The van der Waals surface area contributed by atoms with E-state index in [1.807, 2.05) is 6.07 Å². The van der Waals surface area contributed by atoms with Gasteiger partial charge in [0.25, 0.3) is 0 Å². The van der Waals surface area contributed by atoms with Gasteiger partial charge < -0.3 is 21.3 Å². The zero-order valence-corrected chi connectivity index (χ0v) is 28.6. The molecule has 2 unspecified atom stereocenters. The largest absolute Gasteiger partial charge is 0.397 e. The average Bonchev–Trinajstić information content (AvgIpc) is 3.81. The van der Waals surface area contributed by atoms with Crippen LogP contribution in [0, 0.1) is 16.7 Å². The minimum Gasteiger partial charge on any atom is -0.397 e. The molecule has 2 atom stereocenters. The number of thiophene rings is 1. The van der Waals surface area contributed by atoms with E-state index in [9.17, 15) is 10.7 Å². The third-order valence-corrected chi connectivity index (χ3v) is 11.0. The first-order valence-electron chi connectivity index (χ1n) is 16.8. The van der Waals surface area contributed by atoms with Gasteiger partial charge in [-0.1, -0.05) is 25.5 Å². The second-order valence-electron chi connectivity index (χ2n) is 12.9. The molecule has 46 heavy (non-hydrogen) atoms. The maximum Gasteiger partial charge on any atom is 0.180 e. The van der Waals surface area contributed by atoms with E-state index in [0.29, 0.717) is 39.7 Å². The number of nitrogens with two attached hydrogens (primary N) is 2. The molecule has 2 saturated heterocycles. The summed E-state index contributed by atoms with van der Waals surface area (Å²) >= 11 is 1.54. The number of anilines is 1. The highest BCUT2D eigenvalue weighted by molar-refractivity contribution is 7.16. The monoisotopic (exact) mass is 639 g/mol. The molecule has 0 saturated carbocycles. The SMILES string of the molecule is C=C(C(N)=CC=Nc1cc(CCC2CCCN2C)nc(C(=N)/C(CCC)=C(\C)C2CCCc3sc(N)c(C#N)c32)n1)N1CCCC1. The van der Waals surface area contributed by atoms with Gasteiger partial charge in [-0.05, 0) is 102 Å². The molecule has 2 aromatic rings. The molecule has 4 heterocycles. The Labute approximate surface area is 278 Å². The summed E-state index contributed by atoms with van der Waals surface area (Å²) < 4.78 is 0. The molecule has 10 heteroatoms. The van der Waals surface area contributed by atoms with Gasteiger partial charge in [0.1, 0.15) is 16.8 Å². The standard InChI is InChI=1S/C36H49N9S/c1-5-10-28(23(2)27-12-8-13-31-33(27)29(22-37)35(40)46-31)34(39)36-42-25(14-15-26-11-9-18-44(26)4)21-32(43-36)41-17-16-30(38)24(3)45-19-6-7-20-45/h16-17,21,26-27,39H,3,5-15,18-20,38,40H2,1-2,4H3/b28-23+,30-16?,39-34?,41-17?. The van der Waals surface area contributed by atoms with Crippen molar-refractivity contribution in [2.75, 3.05) is 32.4 Å². The fourth-order valence-corrected chi connectivity index (χ4v) is 8.37. The molecular weight excluding hydrogens is 591 g/mol. The Morgan fingerprint density at radius 1 is 1.22 bits per heavy atom. The number of nitrogens with zero attached hydrogens (tertiary/aromatic N) is 6. The second kappa shape index (κ2) is 15.2. The van der Waals surface area contributed by atoms with Crippen LogP contribution in [0.2, 0.25) is 0 Å². The summed E-state index contributed by atoms with van der Waals surface area (Å²) in [6, 6.07) is 4.85. The van der Waals surface area contributed by atoms with Crippen LogP contribution >= 0.6 is 11.3 Å². The number of nitrogens with one attached hydrogen (secondary N) is 1. The van der Waals surface area contributed by atoms with Gasteiger partial charge in [-0.3, -0.25) is 5.41 Å². The quantitative estimate of drug-likeness (QED) is 0.172. The minimum atomic E-state index is 0.0595. The van der Waals surface area contributed by atoms with Crippen molar-refractivity contribution < 1.29 is 0 Å². The maximum absolute atomic E-state index is 9.95. The van der Waals surface area contributed by atoms with Crippen molar-refractivity contribution in [1.29, 1.82) is 10.7 Å². The number of allylic oxidation sites excluding steroid dienone is 3. The first kappa shape index (κ1) is 33.6. The number of likely N-dealkylation sites (tertiary alicyclic amines) is 2. The summed E-state index contributed by atoms with van der Waals surface area (Å²) in [7, 11) is 2.20. The van der Waals surface area contributed by atoms with E-state index in [1.165, 1.54) is 17.7 Å². The summed E-state index contributed by atoms with van der Waals surface area (Å²) in [5.41, 5.74) is 19.0. The Bertz CT molecular complexity index is 1580. The number of rotatable bonds is 12. The number of nitriles is 1. The van der Waals surface area contributed by atoms with Crippen LogP contribution in [0.5, 0.6) is 0 Å². The van der Waals surface area contributed by atoms with E-state index < -0.39 is 0 Å². The number of nitrogen functional groups attached to an aromatic ring is 1. The van der Waals surface area contributed by atoms with Gasteiger partial charge in [0.05, 0.1) is 17.0 Å². The summed E-state index contributed by atoms with van der Waals surface area (Å²) in [6.07, 6.45) is 14.5. The summed E-state index contributed by atoms with van der Waals surface area (Å²) in [4.78, 5) is 20.3. The van der Waals surface area contributed by atoms with Crippen LogP contribution in [0.4, 0.5) is 10.8 Å². The van der Waals surface area contributed by atoms with Crippen molar-refractivity contribution in [3.8, 4) is 6.07 Å². The molecule has 244 valence electrons. The molecule has 0 spiro atoms. The van der Waals surface area contributed by atoms with Crippen LogP contribution in [0.1, 0.15) is 105 Å². The van der Waals surface area contributed by atoms with Gasteiger partial charge >= 0.3 is 0 Å². The number of fused-ring (bicyclic) bond motifs is 1. The molecule has 2 fully saturated rings. The van der Waals surface area contributed by atoms with Crippen molar-refractivity contribution in [2.45, 2.75) is 96.4 Å². The highest BCUT2D eigenvalue weighted by Crippen LogP contribution is 2.46. The van der Waals surface area contributed by atoms with Crippen molar-refractivity contribution >= 4 is 34.1 Å². The van der Waals surface area contributed by atoms with E-state index >= 15 is 0 Å². The van der Waals surface area contributed by atoms with Gasteiger partial charge in [-0.15, -0.1) is 11.3 Å². The van der Waals surface area contributed by atoms with Gasteiger partial charge in [-0.25, -0.2) is 15.0 Å². The number of aliphatic imine (C=N–C) groups is 1. The summed E-state index contributed by atoms with van der Waals surface area (Å²) in [5, 5.41) is 20.0. The molecule has 2 aliphatic heterocycles. The van der Waals surface area contributed by atoms with E-state index in [1.54, 1.807) is 23.6 Å². The predicted molar refractivity (Wildman–Crippen MR) is 190 cm³/mol. The lowest BCUT2D eigenvalue weighted by Crippen LogP contribution is -2.25. The molecule has 5 N–H and O–H groups in total. The van der Waals surface area contributed by atoms with E-state index in [0.717, 1.165) is 106 Å². The summed E-state index contributed by atoms with van der Waals surface area (Å²) in [5.74, 6) is 0.975. The third-order valence-electron chi connectivity index (χ3n) is 9.88. The van der Waals surface area contributed by atoms with Crippen LogP contribution in [-0.4, -0.2) is 64.4 Å². The zero-order chi connectivity index (χ0) is 32.8. The number of hydrogen-bond acceptors (Lipinski definition) is 10. The number of hydrogen-bond donors (Lipinski definition) is 3. The van der Waals surface area contributed by atoms with Crippen LogP contribution in [0.25, 0.3) is 0 Å². The van der Waals surface area contributed by atoms with Crippen LogP contribution in [0.3, 0.4) is 0 Å². The summed E-state index contributed by atoms with van der Waals surface area (Å²) in [6.45, 7) is 11.5. The Kier molecular flexibility index (Phi) is 11.1. The Hall–Kier alpha value is -3.81. The lowest BCUT2D eigenvalue weighted by atomic mass is 9.78. The van der Waals surface area contributed by atoms with E-state index in [-0.39, 0.29) is 5.92 Å². The second-order valence-corrected chi connectivity index (χ2v) is 14.1. The lowest BCUT2D eigenvalue weighted by molar-refractivity contribution is 0.296. The number of aromatic nitrogens is 2. The predicted octanol–water partition coefficient (Wildman–Crippen LogP) is 6.78. The maximum atomic E-state index is 9.95. The van der Waals surface area contributed by atoms with Gasteiger partial charge in [0, 0.05) is 47.9 Å². The molecule has 0 aromatic carbocycles. The molecule has 0 bridgehead atoms. The van der Waals surface area contributed by atoms with Crippen molar-refractivity contribution in [1.82, 2.24) is 19.8 Å². The highest BCUT2D eigenvalue weighted by Gasteiger charge is 2.31. The number of aryl methyl sites for hydroxylation is 2. The molecule has 1 aliphatic carbocycles. The van der Waals surface area contributed by atoms with Crippen LogP contribution < -0.4 is 11.5 Å². The van der Waals surface area contributed by atoms with Gasteiger partial charge in [0.15, 0.2) is 11.6 Å². The fraction of sp³-hybridized carbons (Fsp3) is 0.528. The Morgan fingerprint density at radius 2 is 2.00 bits per heavy atom. The fourth-order valence-electron chi connectivity index (χ4n) is 7.25. The highest BCUT2D eigenvalue weighted by atomic mass is 32.1. The minimum absolute atomic E-state index is 0.0595. The smallest absolute Gasteiger partial charge is 0.180 e. The van der Waals surface area contributed by atoms with Crippen molar-refractivity contribution in [2.24, 2.45) is 10.7 Å².